The van der Waals surface area contributed by atoms with E-state index in [1.54, 1.807) is 13.0 Å². The number of aldehydes is 1. The van der Waals surface area contributed by atoms with E-state index in [1.807, 2.05) is 13.0 Å². The third-order valence-electron chi connectivity index (χ3n) is 2.41. The molecule has 0 heterocycles. The van der Waals surface area contributed by atoms with Crippen LogP contribution >= 0.6 is 0 Å². The van der Waals surface area contributed by atoms with Crippen molar-refractivity contribution in [2.24, 2.45) is 16.9 Å². The van der Waals surface area contributed by atoms with Crippen LogP contribution in [-0.2, 0) is 4.79 Å². The van der Waals surface area contributed by atoms with Gasteiger partial charge in [-0.1, -0.05) is 12.2 Å². The monoisotopic (exact) mass is 166 g/mol. The summed E-state index contributed by atoms with van der Waals surface area (Å²) in [6.07, 6.45) is 4.48. The zero-order valence-corrected chi connectivity index (χ0v) is 7.37. The molecule has 12 heavy (non-hydrogen) atoms. The Morgan fingerprint density at radius 2 is 2.25 bits per heavy atom. The van der Waals surface area contributed by atoms with Gasteiger partial charge in [0.05, 0.1) is 11.5 Å². The molecule has 1 aliphatic rings. The fraction of sp³-hybridized carbons (Fsp3) is 0.444. The van der Waals surface area contributed by atoms with Crippen LogP contribution in [0.1, 0.15) is 13.8 Å². The highest BCUT2D eigenvalue weighted by atomic mass is 16.1. The quantitative estimate of drug-likeness (QED) is 0.551. The van der Waals surface area contributed by atoms with E-state index in [4.69, 9.17) is 11.5 Å². The molecule has 0 spiro atoms. The first-order valence-corrected chi connectivity index (χ1v) is 3.88. The topological polar surface area (TPSA) is 69.1 Å². The van der Waals surface area contributed by atoms with Crippen LogP contribution in [0.15, 0.2) is 23.4 Å². The number of rotatable bonds is 1. The van der Waals surface area contributed by atoms with Crippen LogP contribution in [0, 0.1) is 5.41 Å². The van der Waals surface area contributed by atoms with Crippen LogP contribution in [0.4, 0.5) is 0 Å². The number of carbonyl (C=O) groups is 1. The molecule has 0 aliphatic heterocycles. The molecule has 0 fully saturated rings. The zero-order valence-electron chi connectivity index (χ0n) is 7.37. The second kappa shape index (κ2) is 2.75. The lowest BCUT2D eigenvalue weighted by atomic mass is 9.78. The summed E-state index contributed by atoms with van der Waals surface area (Å²) in [5.41, 5.74) is 12.4. The van der Waals surface area contributed by atoms with Gasteiger partial charge in [-0.25, -0.2) is 0 Å². The molecule has 66 valence electrons. The number of nitrogens with two attached hydrogens (primary N) is 2. The minimum atomic E-state index is -0.635. The second-order valence-corrected chi connectivity index (χ2v) is 3.43. The van der Waals surface area contributed by atoms with Crippen molar-refractivity contribution in [3.63, 3.8) is 0 Å². The SMILES string of the molecule is CC1=C(N)C(N)C(C)(C=O)C=C1. The molecule has 2 unspecified atom stereocenters. The Balaban J connectivity index is 3.07. The van der Waals surface area contributed by atoms with Crippen LogP contribution in [0.3, 0.4) is 0 Å². The molecule has 0 radical (unpaired) electrons. The third-order valence-corrected chi connectivity index (χ3v) is 2.41. The van der Waals surface area contributed by atoms with Crippen LogP contribution in [0.5, 0.6) is 0 Å². The predicted molar refractivity (Wildman–Crippen MR) is 48.2 cm³/mol. The predicted octanol–water partition coefficient (Wildman–Crippen LogP) is 0.321. The lowest BCUT2D eigenvalue weighted by Crippen LogP contribution is -2.45. The first-order valence-electron chi connectivity index (χ1n) is 3.88. The molecular formula is C9H14N2O. The standard InChI is InChI=1S/C9H14N2O/c1-6-3-4-9(2,5-12)8(11)7(6)10/h3-5,8H,10-11H2,1-2H3. The Hall–Kier alpha value is -1.09. The zero-order chi connectivity index (χ0) is 9.35. The maximum atomic E-state index is 10.7. The van der Waals surface area contributed by atoms with Crippen LogP contribution in [0.2, 0.25) is 0 Å². The summed E-state index contributed by atoms with van der Waals surface area (Å²) in [5.74, 6) is 0. The molecule has 3 nitrogen and oxygen atoms in total. The number of hydrogen-bond donors (Lipinski definition) is 2. The van der Waals surface area contributed by atoms with Gasteiger partial charge in [-0.3, -0.25) is 0 Å². The molecule has 3 heteroatoms. The van der Waals surface area contributed by atoms with Crippen molar-refractivity contribution in [1.29, 1.82) is 0 Å². The van der Waals surface area contributed by atoms with Gasteiger partial charge in [0, 0.05) is 5.70 Å². The van der Waals surface area contributed by atoms with Gasteiger partial charge in [-0.15, -0.1) is 0 Å². The first-order chi connectivity index (χ1) is 5.51. The van der Waals surface area contributed by atoms with Gasteiger partial charge in [0.2, 0.25) is 0 Å². The normalized spacial score (nSPS) is 35.4. The van der Waals surface area contributed by atoms with Gasteiger partial charge < -0.3 is 16.3 Å². The van der Waals surface area contributed by atoms with Gasteiger partial charge >= 0.3 is 0 Å². The van der Waals surface area contributed by atoms with Crippen molar-refractivity contribution >= 4 is 6.29 Å². The smallest absolute Gasteiger partial charge is 0.131 e. The average Bonchev–Trinajstić information content (AvgIpc) is 2.09. The van der Waals surface area contributed by atoms with Gasteiger partial charge in [0.25, 0.3) is 0 Å². The van der Waals surface area contributed by atoms with E-state index in [2.05, 4.69) is 0 Å². The molecule has 0 aromatic carbocycles. The highest BCUT2D eigenvalue weighted by molar-refractivity contribution is 5.66. The first kappa shape index (κ1) is 9.00. The van der Waals surface area contributed by atoms with Crippen molar-refractivity contribution in [3.05, 3.63) is 23.4 Å². The van der Waals surface area contributed by atoms with Crippen molar-refractivity contribution in [2.45, 2.75) is 19.9 Å². The van der Waals surface area contributed by atoms with Gasteiger partial charge in [-0.2, -0.15) is 0 Å². The Labute approximate surface area is 72.1 Å². The van der Waals surface area contributed by atoms with E-state index in [0.29, 0.717) is 5.70 Å². The van der Waals surface area contributed by atoms with E-state index in [-0.39, 0.29) is 6.04 Å². The lowest BCUT2D eigenvalue weighted by molar-refractivity contribution is -0.113. The van der Waals surface area contributed by atoms with E-state index in [1.165, 1.54) is 0 Å². The number of hydrogen-bond acceptors (Lipinski definition) is 3. The Morgan fingerprint density at radius 1 is 1.67 bits per heavy atom. The summed E-state index contributed by atoms with van der Waals surface area (Å²) in [4.78, 5) is 10.7. The fourth-order valence-electron chi connectivity index (χ4n) is 1.20. The summed E-state index contributed by atoms with van der Waals surface area (Å²) in [6, 6.07) is -0.389. The molecule has 0 amide bonds. The molecule has 0 aromatic rings. The molecule has 0 bridgehead atoms. The lowest BCUT2D eigenvalue weighted by Gasteiger charge is -2.31. The summed E-state index contributed by atoms with van der Waals surface area (Å²) < 4.78 is 0. The maximum Gasteiger partial charge on any atom is 0.131 e. The van der Waals surface area contributed by atoms with Crippen molar-refractivity contribution in [3.8, 4) is 0 Å². The summed E-state index contributed by atoms with van der Waals surface area (Å²) in [7, 11) is 0. The summed E-state index contributed by atoms with van der Waals surface area (Å²) >= 11 is 0. The number of carbonyl (C=O) groups excluding carboxylic acids is 1. The molecular weight excluding hydrogens is 152 g/mol. The van der Waals surface area contributed by atoms with E-state index in [0.717, 1.165) is 11.9 Å². The minimum Gasteiger partial charge on any atom is -0.401 e. The van der Waals surface area contributed by atoms with E-state index >= 15 is 0 Å². The van der Waals surface area contributed by atoms with E-state index < -0.39 is 5.41 Å². The van der Waals surface area contributed by atoms with Gasteiger partial charge in [0.1, 0.15) is 6.29 Å². The minimum absolute atomic E-state index is 0.389. The van der Waals surface area contributed by atoms with Crippen LogP contribution in [-0.4, -0.2) is 12.3 Å². The molecule has 0 saturated heterocycles. The Bertz CT molecular complexity index is 268. The van der Waals surface area contributed by atoms with Gasteiger partial charge in [0.15, 0.2) is 0 Å². The highest BCUT2D eigenvalue weighted by Crippen LogP contribution is 2.28. The molecule has 4 N–H and O–H groups in total. The van der Waals surface area contributed by atoms with Crippen molar-refractivity contribution in [2.75, 3.05) is 0 Å². The van der Waals surface area contributed by atoms with Gasteiger partial charge in [-0.05, 0) is 19.4 Å². The van der Waals surface area contributed by atoms with Crippen LogP contribution < -0.4 is 11.5 Å². The fourth-order valence-corrected chi connectivity index (χ4v) is 1.20. The average molecular weight is 166 g/mol. The second-order valence-electron chi connectivity index (χ2n) is 3.43. The summed E-state index contributed by atoms with van der Waals surface area (Å²) in [6.45, 7) is 3.66. The Morgan fingerprint density at radius 3 is 2.75 bits per heavy atom. The van der Waals surface area contributed by atoms with Crippen molar-refractivity contribution < 1.29 is 4.79 Å². The third kappa shape index (κ3) is 1.16. The largest absolute Gasteiger partial charge is 0.401 e. The number of allylic oxidation sites excluding steroid dienone is 2. The molecule has 0 aromatic heterocycles. The van der Waals surface area contributed by atoms with Crippen LogP contribution in [0.25, 0.3) is 0 Å². The molecule has 0 saturated carbocycles. The van der Waals surface area contributed by atoms with E-state index in [9.17, 15) is 4.79 Å². The van der Waals surface area contributed by atoms with Crippen molar-refractivity contribution in [1.82, 2.24) is 0 Å². The molecule has 1 rings (SSSR count). The molecule has 1 aliphatic carbocycles. The molecule has 2 atom stereocenters. The highest BCUT2D eigenvalue weighted by Gasteiger charge is 2.33. The Kier molecular flexibility index (Phi) is 2.06. The summed E-state index contributed by atoms with van der Waals surface area (Å²) in [5, 5.41) is 0. The maximum absolute atomic E-state index is 10.7.